The second-order valence-electron chi connectivity index (χ2n) is 5.93. The first-order valence-corrected chi connectivity index (χ1v) is 10.1. The van der Waals surface area contributed by atoms with Gasteiger partial charge in [0.25, 0.3) is 5.91 Å². The van der Waals surface area contributed by atoms with E-state index in [1.165, 1.54) is 31.4 Å². The molecule has 2 aromatic carbocycles. The quantitative estimate of drug-likeness (QED) is 0.599. The van der Waals surface area contributed by atoms with E-state index in [0.29, 0.717) is 18.7 Å². The van der Waals surface area contributed by atoms with E-state index in [-0.39, 0.29) is 24.0 Å². The van der Waals surface area contributed by atoms with Gasteiger partial charge in [0.1, 0.15) is 0 Å². The Morgan fingerprint density at radius 3 is 2.33 bits per heavy atom. The number of benzene rings is 2. The lowest BCUT2D eigenvalue weighted by atomic mass is 10.2. The molecule has 0 saturated carbocycles. The van der Waals surface area contributed by atoms with Crippen molar-refractivity contribution in [2.75, 3.05) is 45.3 Å². The maximum atomic E-state index is 12.2. The van der Waals surface area contributed by atoms with Gasteiger partial charge in [-0.3, -0.25) is 4.79 Å². The van der Waals surface area contributed by atoms with Gasteiger partial charge in [0.15, 0.2) is 0 Å². The number of carbonyl (C=O) groups excluding carboxylic acids is 1. The van der Waals surface area contributed by atoms with E-state index in [4.69, 9.17) is 4.74 Å². The van der Waals surface area contributed by atoms with Crippen LogP contribution in [0, 0.1) is 0 Å². The summed E-state index contributed by atoms with van der Waals surface area (Å²) in [5, 5.41) is 2.84. The number of rotatable bonds is 10. The van der Waals surface area contributed by atoms with Crippen molar-refractivity contribution in [3.63, 3.8) is 0 Å². The predicted octanol–water partition coefficient (Wildman–Crippen LogP) is 1.48. The first-order valence-electron chi connectivity index (χ1n) is 8.57. The van der Waals surface area contributed by atoms with Gasteiger partial charge in [0.05, 0.1) is 11.5 Å². The average molecular weight is 391 g/mol. The normalized spacial score (nSPS) is 11.2. The molecule has 2 N–H and O–H groups in total. The lowest BCUT2D eigenvalue weighted by Crippen LogP contribution is -2.33. The molecule has 2 rings (SSSR count). The summed E-state index contributed by atoms with van der Waals surface area (Å²) in [6.45, 7) is 1.61. The number of nitrogens with one attached hydrogen (secondary N) is 2. The third-order valence-corrected chi connectivity index (χ3v) is 5.43. The van der Waals surface area contributed by atoms with E-state index in [9.17, 15) is 13.2 Å². The number of hydrogen-bond donors (Lipinski definition) is 2. The molecule has 7 nitrogen and oxygen atoms in total. The molecule has 0 aliphatic rings. The van der Waals surface area contributed by atoms with Crippen molar-refractivity contribution in [2.24, 2.45) is 0 Å². The molecule has 0 heterocycles. The van der Waals surface area contributed by atoms with Gasteiger partial charge in [-0.25, -0.2) is 13.1 Å². The molecule has 27 heavy (non-hydrogen) atoms. The zero-order valence-corrected chi connectivity index (χ0v) is 16.3. The highest BCUT2D eigenvalue weighted by Gasteiger charge is 2.14. The van der Waals surface area contributed by atoms with Crippen LogP contribution >= 0.6 is 0 Å². The number of carbonyl (C=O) groups is 1. The summed E-state index contributed by atoms with van der Waals surface area (Å²) in [7, 11) is -0.147. The Labute approximate surface area is 160 Å². The van der Waals surface area contributed by atoms with Crippen LogP contribution in [0.2, 0.25) is 0 Å². The van der Waals surface area contributed by atoms with Crippen molar-refractivity contribution in [3.05, 3.63) is 60.2 Å². The highest BCUT2D eigenvalue weighted by Crippen LogP contribution is 2.11. The maximum Gasteiger partial charge on any atom is 0.251 e. The minimum Gasteiger partial charge on any atom is -0.383 e. The number of para-hydroxylation sites is 1. The Kier molecular flexibility index (Phi) is 7.78. The summed E-state index contributed by atoms with van der Waals surface area (Å²) in [5.74, 6) is -0.243. The van der Waals surface area contributed by atoms with Gasteiger partial charge in [-0.05, 0) is 36.4 Å². The maximum absolute atomic E-state index is 12.2. The smallest absolute Gasteiger partial charge is 0.251 e. The van der Waals surface area contributed by atoms with E-state index in [2.05, 4.69) is 10.0 Å². The Balaban J connectivity index is 1.86. The summed E-state index contributed by atoms with van der Waals surface area (Å²) in [4.78, 5) is 14.4. The standard InChI is InChI=1S/C19H25N3O4S/c1-22(17-6-4-3-5-7-17)14-12-20-19(23)16-8-10-18(11-9-16)27(24,25)21-13-15-26-2/h3-11,21H,12-15H2,1-2H3,(H,20,23). The Hall–Kier alpha value is -2.42. The molecule has 0 radical (unpaired) electrons. The molecular weight excluding hydrogens is 366 g/mol. The average Bonchev–Trinajstić information content (AvgIpc) is 2.68. The molecule has 0 atom stereocenters. The lowest BCUT2D eigenvalue weighted by molar-refractivity contribution is 0.0954. The molecule has 0 spiro atoms. The molecule has 0 aromatic heterocycles. The Bertz CT molecular complexity index is 824. The Morgan fingerprint density at radius 2 is 1.70 bits per heavy atom. The van der Waals surface area contributed by atoms with Crippen LogP contribution in [-0.2, 0) is 14.8 Å². The molecule has 1 amide bonds. The van der Waals surface area contributed by atoms with Crippen molar-refractivity contribution in [1.82, 2.24) is 10.0 Å². The van der Waals surface area contributed by atoms with Crippen molar-refractivity contribution in [1.29, 1.82) is 0 Å². The minimum atomic E-state index is -3.60. The van der Waals surface area contributed by atoms with E-state index in [1.54, 1.807) is 0 Å². The fraction of sp³-hybridized carbons (Fsp3) is 0.316. The fourth-order valence-electron chi connectivity index (χ4n) is 2.40. The summed E-state index contributed by atoms with van der Waals surface area (Å²) < 4.78 is 31.4. The number of ether oxygens (including phenoxy) is 1. The van der Waals surface area contributed by atoms with E-state index in [0.717, 1.165) is 5.69 Å². The van der Waals surface area contributed by atoms with Crippen LogP contribution < -0.4 is 14.9 Å². The Morgan fingerprint density at radius 1 is 1.04 bits per heavy atom. The highest BCUT2D eigenvalue weighted by atomic mass is 32.2. The predicted molar refractivity (Wildman–Crippen MR) is 106 cm³/mol. The summed E-state index contributed by atoms with van der Waals surface area (Å²) in [5.41, 5.74) is 1.48. The van der Waals surface area contributed by atoms with Crippen molar-refractivity contribution in [2.45, 2.75) is 4.90 Å². The van der Waals surface area contributed by atoms with E-state index in [1.807, 2.05) is 42.3 Å². The number of hydrogen-bond acceptors (Lipinski definition) is 5. The molecule has 2 aromatic rings. The van der Waals surface area contributed by atoms with Crippen LogP contribution in [0.5, 0.6) is 0 Å². The third kappa shape index (κ3) is 6.35. The zero-order valence-electron chi connectivity index (χ0n) is 15.5. The van der Waals surface area contributed by atoms with Crippen LogP contribution in [0.15, 0.2) is 59.5 Å². The van der Waals surface area contributed by atoms with Gasteiger partial charge < -0.3 is 15.0 Å². The number of likely N-dealkylation sites (N-methyl/N-ethyl adjacent to an activating group) is 1. The summed E-state index contributed by atoms with van der Waals surface area (Å²) in [6, 6.07) is 15.7. The van der Waals surface area contributed by atoms with Gasteiger partial charge in [0, 0.05) is 45.0 Å². The number of amides is 1. The molecule has 0 unspecified atom stereocenters. The van der Waals surface area contributed by atoms with Crippen molar-refractivity contribution >= 4 is 21.6 Å². The van der Waals surface area contributed by atoms with Crippen LogP contribution in [0.3, 0.4) is 0 Å². The SMILES string of the molecule is COCCNS(=O)(=O)c1ccc(C(=O)NCCN(C)c2ccccc2)cc1. The van der Waals surface area contributed by atoms with Gasteiger partial charge >= 0.3 is 0 Å². The van der Waals surface area contributed by atoms with E-state index < -0.39 is 10.0 Å². The van der Waals surface area contributed by atoms with Crippen LogP contribution in [0.25, 0.3) is 0 Å². The largest absolute Gasteiger partial charge is 0.383 e. The minimum absolute atomic E-state index is 0.110. The van der Waals surface area contributed by atoms with E-state index >= 15 is 0 Å². The van der Waals surface area contributed by atoms with Gasteiger partial charge in [-0.2, -0.15) is 0 Å². The van der Waals surface area contributed by atoms with Crippen LogP contribution in [0.1, 0.15) is 10.4 Å². The van der Waals surface area contributed by atoms with Crippen molar-refractivity contribution < 1.29 is 17.9 Å². The first kappa shape index (κ1) is 20.9. The summed E-state index contributed by atoms with van der Waals surface area (Å²) in [6.07, 6.45) is 0. The monoisotopic (exact) mass is 391 g/mol. The van der Waals surface area contributed by atoms with Crippen LogP contribution in [-0.4, -0.2) is 54.7 Å². The molecule has 146 valence electrons. The third-order valence-electron chi connectivity index (χ3n) is 3.95. The molecule has 0 saturated heterocycles. The molecule has 0 bridgehead atoms. The second-order valence-corrected chi connectivity index (χ2v) is 7.69. The first-order chi connectivity index (χ1) is 12.9. The highest BCUT2D eigenvalue weighted by molar-refractivity contribution is 7.89. The second kappa shape index (κ2) is 10.1. The molecule has 0 aliphatic heterocycles. The lowest BCUT2D eigenvalue weighted by Gasteiger charge is -2.19. The van der Waals surface area contributed by atoms with Gasteiger partial charge in [-0.1, -0.05) is 18.2 Å². The summed E-state index contributed by atoms with van der Waals surface area (Å²) >= 11 is 0. The molecular formula is C19H25N3O4S. The van der Waals surface area contributed by atoms with Gasteiger partial charge in [0.2, 0.25) is 10.0 Å². The topological polar surface area (TPSA) is 87.7 Å². The number of anilines is 1. The zero-order chi connectivity index (χ0) is 19.7. The van der Waals surface area contributed by atoms with Crippen LogP contribution in [0.4, 0.5) is 5.69 Å². The molecule has 0 aliphatic carbocycles. The number of nitrogens with zero attached hydrogens (tertiary/aromatic N) is 1. The van der Waals surface area contributed by atoms with Gasteiger partial charge in [-0.15, -0.1) is 0 Å². The number of methoxy groups -OCH3 is 1. The molecule has 0 fully saturated rings. The van der Waals surface area contributed by atoms with Crippen molar-refractivity contribution in [3.8, 4) is 0 Å². The number of sulfonamides is 1. The molecule has 8 heteroatoms. The fourth-order valence-corrected chi connectivity index (χ4v) is 3.41.